The van der Waals surface area contributed by atoms with Crippen LogP contribution in [-0.4, -0.2) is 12.1 Å². The molecular formula is CH3BN2W. The van der Waals surface area contributed by atoms with Gasteiger partial charge in [-0.3, -0.25) is 0 Å². The molecule has 0 fully saturated rings. The Bertz CT molecular complexity index is 44.9. The third-order valence-corrected chi connectivity index (χ3v) is 0.566. The summed E-state index contributed by atoms with van der Waals surface area (Å²) in [6.07, 6.45) is 0. The van der Waals surface area contributed by atoms with E-state index in [0.717, 1.165) is 0 Å². The predicted molar refractivity (Wildman–Crippen MR) is 18.1 cm³/mol. The van der Waals surface area contributed by atoms with E-state index in [4.69, 9.17) is 13.7 Å². The van der Waals surface area contributed by atoms with Crippen molar-refractivity contribution in [2.45, 2.75) is 0 Å². The summed E-state index contributed by atoms with van der Waals surface area (Å²) in [5.41, 5.74) is 5.01. The van der Waals surface area contributed by atoms with Crippen molar-refractivity contribution in [3.05, 3.63) is 0 Å². The molecule has 0 aromatic rings. The maximum absolute atomic E-state index is 5.01. The molecule has 0 bridgehead atoms. The zero-order valence-electron chi connectivity index (χ0n) is 2.56. The fourth-order valence-corrected chi connectivity index (χ4v) is 0. The molecule has 3 N–H and O–H groups in total. The van der Waals surface area contributed by atoms with Crippen LogP contribution < -0.4 is 11.0 Å². The summed E-state index contributed by atoms with van der Waals surface area (Å²) in [5.74, 6) is 0. The fraction of sp³-hybridized carbons (Fsp3) is 0. The van der Waals surface area contributed by atoms with E-state index in [1.54, 1.807) is 0 Å². The number of nitrogens with two attached hydrogens (primary N) is 1. The number of hydrogen-bond acceptors (Lipinski definition) is 2. The van der Waals surface area contributed by atoms with E-state index in [0.29, 0.717) is 4.15 Å². The SMILES string of the molecule is [B]N[C](N)=[W]. The molecule has 0 aliphatic rings. The Labute approximate surface area is 43.0 Å². The first-order valence-corrected chi connectivity index (χ1v) is 2.50. The van der Waals surface area contributed by atoms with Crippen LogP contribution in [0.4, 0.5) is 0 Å². The second kappa shape index (κ2) is 2.76. The molecule has 0 aromatic heterocycles. The van der Waals surface area contributed by atoms with Crippen LogP contribution in [0.3, 0.4) is 0 Å². The van der Waals surface area contributed by atoms with E-state index >= 15 is 0 Å². The monoisotopic (exact) mass is 238 g/mol. The Kier molecular flexibility index (Phi) is 3.06. The molecule has 0 heterocycles. The Balaban J connectivity index is 2.85. The summed E-state index contributed by atoms with van der Waals surface area (Å²) in [6.45, 7) is 0. The van der Waals surface area contributed by atoms with Crippen molar-refractivity contribution in [2.75, 3.05) is 0 Å². The summed E-state index contributed by atoms with van der Waals surface area (Å²) >= 11 is 1.17. The van der Waals surface area contributed by atoms with Crippen molar-refractivity contribution in [3.8, 4) is 0 Å². The maximum atomic E-state index is 5.01. The van der Waals surface area contributed by atoms with Gasteiger partial charge in [-0.1, -0.05) is 0 Å². The van der Waals surface area contributed by atoms with Crippen LogP contribution in [0, 0.1) is 0 Å². The summed E-state index contributed by atoms with van der Waals surface area (Å²) in [5, 5.41) is 2.26. The van der Waals surface area contributed by atoms with E-state index in [9.17, 15) is 0 Å². The molecule has 2 radical (unpaired) electrons. The van der Waals surface area contributed by atoms with Gasteiger partial charge < -0.3 is 0 Å². The van der Waals surface area contributed by atoms with Crippen molar-refractivity contribution in [1.82, 2.24) is 5.23 Å². The molecule has 0 unspecified atom stereocenters. The Morgan fingerprint density at radius 2 is 2.20 bits per heavy atom. The van der Waals surface area contributed by atoms with Crippen LogP contribution in [0.5, 0.6) is 0 Å². The second-order valence-electron chi connectivity index (χ2n) is 0.509. The third-order valence-electron chi connectivity index (χ3n) is 0.142. The van der Waals surface area contributed by atoms with Crippen LogP contribution in [0.25, 0.3) is 0 Å². The molecule has 5 heavy (non-hydrogen) atoms. The van der Waals surface area contributed by atoms with E-state index in [2.05, 4.69) is 5.23 Å². The Hall–Kier alpha value is 0.543. The summed E-state index contributed by atoms with van der Waals surface area (Å²) in [7, 11) is 4.78. The van der Waals surface area contributed by atoms with Gasteiger partial charge in [0.1, 0.15) is 0 Å². The normalized spacial score (nSPS) is 7.40. The zero-order chi connectivity index (χ0) is 4.28. The van der Waals surface area contributed by atoms with Crippen LogP contribution in [-0.2, 0) is 19.4 Å². The summed E-state index contributed by atoms with van der Waals surface area (Å²) in [4.78, 5) is 0. The van der Waals surface area contributed by atoms with Gasteiger partial charge in [0.05, 0.1) is 0 Å². The molecule has 0 saturated heterocycles. The van der Waals surface area contributed by atoms with Crippen LogP contribution in [0.1, 0.15) is 0 Å². The molecule has 26 valence electrons. The molecule has 0 atom stereocenters. The van der Waals surface area contributed by atoms with E-state index < -0.39 is 0 Å². The van der Waals surface area contributed by atoms with Gasteiger partial charge in [-0.15, -0.1) is 0 Å². The molecule has 0 spiro atoms. The molecule has 0 rings (SSSR count). The summed E-state index contributed by atoms with van der Waals surface area (Å²) < 4.78 is 0.616. The number of hydrogen-bond donors (Lipinski definition) is 2. The van der Waals surface area contributed by atoms with Gasteiger partial charge in [-0.05, 0) is 0 Å². The van der Waals surface area contributed by atoms with Crippen LogP contribution in [0.2, 0.25) is 0 Å². The minimum atomic E-state index is 0.616. The first-order valence-electron chi connectivity index (χ1n) is 1.03. The number of rotatable bonds is 1. The molecule has 0 saturated carbocycles. The first-order chi connectivity index (χ1) is 2.27. The molecule has 0 aromatic carbocycles. The van der Waals surface area contributed by atoms with Gasteiger partial charge in [-0.25, -0.2) is 0 Å². The summed E-state index contributed by atoms with van der Waals surface area (Å²) in [6, 6.07) is 0. The van der Waals surface area contributed by atoms with Crippen molar-refractivity contribution in [3.63, 3.8) is 0 Å². The molecular weight excluding hydrogens is 235 g/mol. The van der Waals surface area contributed by atoms with Crippen molar-refractivity contribution < 1.29 is 19.4 Å². The molecule has 4 heteroatoms. The van der Waals surface area contributed by atoms with Crippen LogP contribution in [0.15, 0.2) is 0 Å². The van der Waals surface area contributed by atoms with Gasteiger partial charge in [0.2, 0.25) is 0 Å². The van der Waals surface area contributed by atoms with E-state index in [1.165, 1.54) is 19.4 Å². The van der Waals surface area contributed by atoms with Crippen LogP contribution >= 0.6 is 0 Å². The fourth-order valence-electron chi connectivity index (χ4n) is 0. The Morgan fingerprint density at radius 1 is 2.00 bits per heavy atom. The zero-order valence-corrected chi connectivity index (χ0v) is 5.50. The molecule has 0 aliphatic carbocycles. The second-order valence-corrected chi connectivity index (χ2v) is 2.09. The Morgan fingerprint density at radius 3 is 2.20 bits per heavy atom. The molecule has 0 aliphatic heterocycles. The third kappa shape index (κ3) is 4.54. The topological polar surface area (TPSA) is 38.0 Å². The van der Waals surface area contributed by atoms with Crippen molar-refractivity contribution >= 4 is 12.1 Å². The van der Waals surface area contributed by atoms with Gasteiger partial charge in [0.15, 0.2) is 0 Å². The standard InChI is InChI=1S/CH3BN2.W/c2-4-1-3;/h4H,3H2;. The van der Waals surface area contributed by atoms with Gasteiger partial charge in [0.25, 0.3) is 0 Å². The molecule has 0 amide bonds. The number of nitrogens with one attached hydrogen (secondary N) is 1. The minimum absolute atomic E-state index is 0.616. The average Bonchev–Trinajstić information content (AvgIpc) is 1.38. The first kappa shape index (κ1) is 5.54. The van der Waals surface area contributed by atoms with Crippen molar-refractivity contribution in [2.24, 2.45) is 5.73 Å². The van der Waals surface area contributed by atoms with Crippen molar-refractivity contribution in [1.29, 1.82) is 0 Å². The van der Waals surface area contributed by atoms with Gasteiger partial charge in [-0.2, -0.15) is 0 Å². The average molecular weight is 238 g/mol. The quantitative estimate of drug-likeness (QED) is 0.531. The van der Waals surface area contributed by atoms with E-state index in [1.807, 2.05) is 0 Å². The molecule has 2 nitrogen and oxygen atoms in total. The predicted octanol–water partition coefficient (Wildman–Crippen LogP) is -1.75. The van der Waals surface area contributed by atoms with Gasteiger partial charge >= 0.3 is 42.4 Å². The van der Waals surface area contributed by atoms with E-state index in [-0.39, 0.29) is 0 Å². The van der Waals surface area contributed by atoms with Gasteiger partial charge in [0, 0.05) is 0 Å².